The van der Waals surface area contributed by atoms with E-state index in [1.54, 1.807) is 31.2 Å². The highest BCUT2D eigenvalue weighted by molar-refractivity contribution is 5.86. The molecule has 1 aromatic rings. The number of aliphatic hydroxyl groups excluding tert-OH is 1. The zero-order valence-corrected chi connectivity index (χ0v) is 10.9. The summed E-state index contributed by atoms with van der Waals surface area (Å²) < 4.78 is 4.82. The van der Waals surface area contributed by atoms with Crippen LogP contribution in [0, 0.1) is 0 Å². The van der Waals surface area contributed by atoms with Crippen molar-refractivity contribution in [3.05, 3.63) is 42.0 Å². The molecule has 1 unspecified atom stereocenters. The first-order valence-electron chi connectivity index (χ1n) is 5.98. The van der Waals surface area contributed by atoms with Gasteiger partial charge in [-0.3, -0.25) is 0 Å². The van der Waals surface area contributed by atoms with E-state index in [0.717, 1.165) is 5.56 Å². The number of rotatable bonds is 7. The number of benzene rings is 1. The van der Waals surface area contributed by atoms with Crippen LogP contribution in [0.3, 0.4) is 0 Å². The summed E-state index contributed by atoms with van der Waals surface area (Å²) in [6.45, 7) is 5.81. The van der Waals surface area contributed by atoms with E-state index in [1.165, 1.54) is 0 Å². The number of phenols is 1. The molecular weight excluding hydrogens is 246 g/mol. The van der Waals surface area contributed by atoms with Crippen LogP contribution in [0.25, 0.3) is 0 Å². The molecule has 0 saturated carbocycles. The lowest BCUT2D eigenvalue weighted by molar-refractivity contribution is -0.141. The van der Waals surface area contributed by atoms with Crippen molar-refractivity contribution in [2.75, 3.05) is 13.2 Å². The highest BCUT2D eigenvalue weighted by Gasteiger charge is 2.08. The van der Waals surface area contributed by atoms with E-state index in [4.69, 9.17) is 9.84 Å². The van der Waals surface area contributed by atoms with Crippen molar-refractivity contribution in [3.8, 4) is 5.75 Å². The van der Waals surface area contributed by atoms with Gasteiger partial charge in [-0.2, -0.15) is 0 Å². The van der Waals surface area contributed by atoms with E-state index in [-0.39, 0.29) is 12.4 Å². The van der Waals surface area contributed by atoms with Crippen LogP contribution >= 0.6 is 0 Å². The lowest BCUT2D eigenvalue weighted by Gasteiger charge is -2.12. The SMILES string of the molecule is C=C(C)C(=O)OCC(O)CNCc1ccc(O)cc1. The van der Waals surface area contributed by atoms with Crippen molar-refractivity contribution in [1.29, 1.82) is 0 Å². The number of hydrogen-bond acceptors (Lipinski definition) is 5. The van der Waals surface area contributed by atoms with Crippen LogP contribution in [0.5, 0.6) is 5.75 Å². The molecule has 0 spiro atoms. The minimum Gasteiger partial charge on any atom is -0.508 e. The third-order valence-corrected chi connectivity index (χ3v) is 2.40. The first-order valence-corrected chi connectivity index (χ1v) is 5.98. The summed E-state index contributed by atoms with van der Waals surface area (Å²) >= 11 is 0. The van der Waals surface area contributed by atoms with Crippen molar-refractivity contribution in [1.82, 2.24) is 5.32 Å². The third kappa shape index (κ3) is 6.03. The quantitative estimate of drug-likeness (QED) is 0.505. The number of carbonyl (C=O) groups is 1. The van der Waals surface area contributed by atoms with E-state index in [0.29, 0.717) is 18.7 Å². The molecule has 19 heavy (non-hydrogen) atoms. The molecule has 0 aliphatic carbocycles. The molecule has 0 saturated heterocycles. The fourth-order valence-electron chi connectivity index (χ4n) is 1.35. The summed E-state index contributed by atoms with van der Waals surface area (Å²) in [6.07, 6.45) is -0.764. The van der Waals surface area contributed by atoms with Crippen molar-refractivity contribution < 1.29 is 19.7 Å². The van der Waals surface area contributed by atoms with Gasteiger partial charge in [-0.25, -0.2) is 4.79 Å². The van der Waals surface area contributed by atoms with Crippen LogP contribution in [-0.4, -0.2) is 35.4 Å². The van der Waals surface area contributed by atoms with Crippen LogP contribution < -0.4 is 5.32 Å². The predicted octanol–water partition coefficient (Wildman–Crippen LogP) is 0.962. The highest BCUT2D eigenvalue weighted by Crippen LogP contribution is 2.09. The number of phenolic OH excluding ortho intramolecular Hbond substituents is 1. The molecule has 0 bridgehead atoms. The van der Waals surface area contributed by atoms with Crippen LogP contribution in [0.1, 0.15) is 12.5 Å². The molecule has 5 nitrogen and oxygen atoms in total. The Balaban J connectivity index is 2.20. The van der Waals surface area contributed by atoms with E-state index < -0.39 is 12.1 Å². The van der Waals surface area contributed by atoms with E-state index in [9.17, 15) is 9.90 Å². The molecule has 0 amide bonds. The van der Waals surface area contributed by atoms with Crippen LogP contribution in [0.2, 0.25) is 0 Å². The van der Waals surface area contributed by atoms with Crippen LogP contribution in [0.4, 0.5) is 0 Å². The number of nitrogens with one attached hydrogen (secondary N) is 1. The van der Waals surface area contributed by atoms with Crippen molar-refractivity contribution in [2.24, 2.45) is 0 Å². The maximum absolute atomic E-state index is 11.1. The molecule has 0 aliphatic heterocycles. The molecule has 0 aromatic heterocycles. The number of aromatic hydroxyl groups is 1. The Morgan fingerprint density at radius 1 is 1.42 bits per heavy atom. The second kappa shape index (κ2) is 7.56. The van der Waals surface area contributed by atoms with Gasteiger partial charge < -0.3 is 20.3 Å². The van der Waals surface area contributed by atoms with Gasteiger partial charge in [-0.15, -0.1) is 0 Å². The Morgan fingerprint density at radius 3 is 2.63 bits per heavy atom. The number of ether oxygens (including phenoxy) is 1. The van der Waals surface area contributed by atoms with Gasteiger partial charge in [0.25, 0.3) is 0 Å². The van der Waals surface area contributed by atoms with Crippen LogP contribution in [0.15, 0.2) is 36.4 Å². The normalized spacial score (nSPS) is 11.9. The molecule has 104 valence electrons. The van der Waals surface area contributed by atoms with Gasteiger partial charge in [-0.05, 0) is 24.6 Å². The number of esters is 1. The van der Waals surface area contributed by atoms with Gasteiger partial charge >= 0.3 is 5.97 Å². The number of hydrogen-bond donors (Lipinski definition) is 3. The van der Waals surface area contributed by atoms with E-state index >= 15 is 0 Å². The van der Waals surface area contributed by atoms with Crippen LogP contribution in [-0.2, 0) is 16.1 Å². The Bertz CT molecular complexity index is 428. The Hall–Kier alpha value is -1.85. The smallest absolute Gasteiger partial charge is 0.333 e. The lowest BCUT2D eigenvalue weighted by Crippen LogP contribution is -2.31. The average molecular weight is 265 g/mol. The minimum atomic E-state index is -0.764. The molecule has 0 aliphatic rings. The van der Waals surface area contributed by atoms with E-state index in [2.05, 4.69) is 11.9 Å². The summed E-state index contributed by atoms with van der Waals surface area (Å²) in [7, 11) is 0. The van der Waals surface area contributed by atoms with Gasteiger partial charge in [0.2, 0.25) is 0 Å². The van der Waals surface area contributed by atoms with Gasteiger partial charge in [0.15, 0.2) is 0 Å². The maximum Gasteiger partial charge on any atom is 0.333 e. The first-order chi connectivity index (χ1) is 8.99. The second-order valence-electron chi connectivity index (χ2n) is 4.33. The van der Waals surface area contributed by atoms with Crippen molar-refractivity contribution in [2.45, 2.75) is 19.6 Å². The first kappa shape index (κ1) is 15.2. The van der Waals surface area contributed by atoms with Crippen molar-refractivity contribution >= 4 is 5.97 Å². The summed E-state index contributed by atoms with van der Waals surface area (Å²) in [5.41, 5.74) is 1.30. The Labute approximate surface area is 112 Å². The topological polar surface area (TPSA) is 78.8 Å². The average Bonchev–Trinajstić information content (AvgIpc) is 2.38. The predicted molar refractivity (Wildman–Crippen MR) is 71.6 cm³/mol. The molecule has 0 fully saturated rings. The molecule has 5 heteroatoms. The monoisotopic (exact) mass is 265 g/mol. The minimum absolute atomic E-state index is 0.0612. The van der Waals surface area contributed by atoms with Crippen molar-refractivity contribution in [3.63, 3.8) is 0 Å². The van der Waals surface area contributed by atoms with E-state index in [1.807, 2.05) is 0 Å². The van der Waals surface area contributed by atoms with Gasteiger partial charge in [0.05, 0.1) is 0 Å². The Kier molecular flexibility index (Phi) is 6.05. The largest absolute Gasteiger partial charge is 0.508 e. The summed E-state index contributed by atoms with van der Waals surface area (Å²) in [5, 5.41) is 21.7. The van der Waals surface area contributed by atoms with Gasteiger partial charge in [-0.1, -0.05) is 18.7 Å². The molecule has 1 aromatic carbocycles. The Morgan fingerprint density at radius 2 is 2.05 bits per heavy atom. The number of carbonyl (C=O) groups excluding carboxylic acids is 1. The summed E-state index contributed by atoms with van der Waals surface area (Å²) in [5.74, 6) is -0.284. The number of aliphatic hydroxyl groups is 1. The third-order valence-electron chi connectivity index (χ3n) is 2.40. The zero-order valence-electron chi connectivity index (χ0n) is 10.9. The standard InChI is InChI=1S/C14H19NO4/c1-10(2)14(18)19-9-13(17)8-15-7-11-3-5-12(16)6-4-11/h3-6,13,15-17H,1,7-9H2,2H3. The lowest BCUT2D eigenvalue weighted by atomic mass is 10.2. The van der Waals surface area contributed by atoms with Gasteiger partial charge in [0.1, 0.15) is 18.5 Å². The highest BCUT2D eigenvalue weighted by atomic mass is 16.5. The molecular formula is C14H19NO4. The molecule has 0 radical (unpaired) electrons. The van der Waals surface area contributed by atoms with Gasteiger partial charge in [0, 0.05) is 18.7 Å². The summed E-state index contributed by atoms with van der Waals surface area (Å²) in [6, 6.07) is 6.77. The molecule has 3 N–H and O–H groups in total. The second-order valence-corrected chi connectivity index (χ2v) is 4.33. The maximum atomic E-state index is 11.1. The molecule has 1 atom stereocenters. The summed E-state index contributed by atoms with van der Waals surface area (Å²) in [4.78, 5) is 11.1. The zero-order chi connectivity index (χ0) is 14.3. The fraction of sp³-hybridized carbons (Fsp3) is 0.357. The molecule has 1 rings (SSSR count). The molecule has 0 heterocycles. The fourth-order valence-corrected chi connectivity index (χ4v) is 1.35.